The quantitative estimate of drug-likeness (QED) is 0.511. The monoisotopic (exact) mass is 302 g/mol. The number of hydrogen-bond donors (Lipinski definition) is 0. The summed E-state index contributed by atoms with van der Waals surface area (Å²) in [5.41, 5.74) is 0. The maximum Gasteiger partial charge on any atom is 0.344 e. The van der Waals surface area contributed by atoms with E-state index in [1.165, 1.54) is 0 Å². The van der Waals surface area contributed by atoms with E-state index in [-0.39, 0.29) is 0 Å². The van der Waals surface area contributed by atoms with Crippen LogP contribution < -0.4 is 0 Å². The molecular formula is C12H18F4O4. The molecule has 0 saturated heterocycles. The Balaban J connectivity index is 4.08. The Morgan fingerprint density at radius 2 is 1.70 bits per heavy atom. The topological polar surface area (TPSA) is 52.6 Å². The van der Waals surface area contributed by atoms with Crippen molar-refractivity contribution in [3.63, 3.8) is 0 Å². The standard InChI is InChI=1S/C12H18F4O4/c1-4-8(2)10(18)19-5-9(17)20-7-12(15,16)6-11(3,13)14/h8H,4-7H2,1-3H3. The van der Waals surface area contributed by atoms with Gasteiger partial charge in [-0.3, -0.25) is 4.79 Å². The first-order valence-electron chi connectivity index (χ1n) is 6.05. The summed E-state index contributed by atoms with van der Waals surface area (Å²) in [6.45, 7) is 1.36. The summed E-state index contributed by atoms with van der Waals surface area (Å²) >= 11 is 0. The number of ether oxygens (including phenoxy) is 2. The molecule has 1 atom stereocenters. The van der Waals surface area contributed by atoms with Gasteiger partial charge in [-0.2, -0.15) is 0 Å². The van der Waals surface area contributed by atoms with E-state index in [1.807, 2.05) is 0 Å². The molecule has 0 saturated carbocycles. The molecular weight excluding hydrogens is 284 g/mol. The van der Waals surface area contributed by atoms with Crippen molar-refractivity contribution in [1.82, 2.24) is 0 Å². The van der Waals surface area contributed by atoms with Crippen molar-refractivity contribution < 1.29 is 36.6 Å². The summed E-state index contributed by atoms with van der Waals surface area (Å²) in [6, 6.07) is 0. The van der Waals surface area contributed by atoms with Crippen molar-refractivity contribution in [1.29, 1.82) is 0 Å². The van der Waals surface area contributed by atoms with Crippen LogP contribution in [0.4, 0.5) is 17.6 Å². The Morgan fingerprint density at radius 1 is 1.15 bits per heavy atom. The summed E-state index contributed by atoms with van der Waals surface area (Å²) in [6.07, 6.45) is -1.22. The predicted octanol–water partition coefficient (Wildman–Crippen LogP) is 2.80. The Hall–Kier alpha value is -1.34. The molecule has 0 rings (SSSR count). The minimum atomic E-state index is -3.84. The van der Waals surface area contributed by atoms with Gasteiger partial charge in [0, 0.05) is 0 Å². The maximum atomic E-state index is 13.0. The third-order valence-corrected chi connectivity index (χ3v) is 2.36. The molecule has 0 bridgehead atoms. The minimum absolute atomic E-state index is 0.344. The van der Waals surface area contributed by atoms with Crippen molar-refractivity contribution in [3.8, 4) is 0 Å². The SMILES string of the molecule is CCC(C)C(=O)OCC(=O)OCC(F)(F)CC(C)(F)F. The minimum Gasteiger partial charge on any atom is -0.457 e. The Kier molecular flexibility index (Phi) is 6.95. The Morgan fingerprint density at radius 3 is 2.15 bits per heavy atom. The number of rotatable bonds is 8. The normalized spacial score (nSPS) is 13.8. The van der Waals surface area contributed by atoms with E-state index in [0.717, 1.165) is 0 Å². The summed E-state index contributed by atoms with van der Waals surface area (Å²) in [7, 11) is 0. The average molecular weight is 302 g/mol. The lowest BCUT2D eigenvalue weighted by Gasteiger charge is -2.20. The van der Waals surface area contributed by atoms with Crippen LogP contribution in [0.3, 0.4) is 0 Å². The van der Waals surface area contributed by atoms with E-state index in [0.29, 0.717) is 13.3 Å². The van der Waals surface area contributed by atoms with Gasteiger partial charge in [-0.1, -0.05) is 13.8 Å². The van der Waals surface area contributed by atoms with E-state index in [2.05, 4.69) is 9.47 Å². The van der Waals surface area contributed by atoms with Gasteiger partial charge < -0.3 is 9.47 Å². The van der Waals surface area contributed by atoms with Gasteiger partial charge >= 0.3 is 11.9 Å². The molecule has 0 N–H and O–H groups in total. The van der Waals surface area contributed by atoms with Crippen LogP contribution in [0.15, 0.2) is 0 Å². The highest BCUT2D eigenvalue weighted by Crippen LogP contribution is 2.30. The van der Waals surface area contributed by atoms with Crippen LogP contribution >= 0.6 is 0 Å². The molecule has 0 spiro atoms. The van der Waals surface area contributed by atoms with Gasteiger partial charge in [-0.25, -0.2) is 22.4 Å². The molecule has 1 unspecified atom stereocenters. The number of carbonyl (C=O) groups excluding carboxylic acids is 2. The number of halogens is 4. The van der Waals surface area contributed by atoms with Gasteiger partial charge in [0.15, 0.2) is 13.2 Å². The highest BCUT2D eigenvalue weighted by atomic mass is 19.3. The molecule has 8 heteroatoms. The van der Waals surface area contributed by atoms with Crippen LogP contribution in [0.1, 0.15) is 33.6 Å². The van der Waals surface area contributed by atoms with Crippen molar-refractivity contribution in [2.75, 3.05) is 13.2 Å². The third kappa shape index (κ3) is 8.71. The number of alkyl halides is 4. The summed E-state index contributed by atoms with van der Waals surface area (Å²) in [4.78, 5) is 22.2. The maximum absolute atomic E-state index is 13.0. The molecule has 0 heterocycles. The largest absolute Gasteiger partial charge is 0.457 e. The van der Waals surface area contributed by atoms with Crippen LogP contribution in [0, 0.1) is 5.92 Å². The molecule has 0 aliphatic heterocycles. The van der Waals surface area contributed by atoms with Gasteiger partial charge in [0.05, 0.1) is 12.3 Å². The van der Waals surface area contributed by atoms with Crippen molar-refractivity contribution >= 4 is 11.9 Å². The summed E-state index contributed by atoms with van der Waals surface area (Å²) in [5, 5.41) is 0. The Bertz CT molecular complexity index is 339. The molecule has 0 aliphatic carbocycles. The zero-order valence-electron chi connectivity index (χ0n) is 11.6. The average Bonchev–Trinajstić information content (AvgIpc) is 2.29. The highest BCUT2D eigenvalue weighted by Gasteiger charge is 2.41. The van der Waals surface area contributed by atoms with Gasteiger partial charge in [-0.05, 0) is 13.3 Å². The van der Waals surface area contributed by atoms with Gasteiger partial charge in [0.25, 0.3) is 11.8 Å². The number of carbonyl (C=O) groups is 2. The van der Waals surface area contributed by atoms with E-state index in [4.69, 9.17) is 0 Å². The Labute approximate surface area is 114 Å². The lowest BCUT2D eigenvalue weighted by Crippen LogP contribution is -2.33. The third-order valence-electron chi connectivity index (χ3n) is 2.36. The van der Waals surface area contributed by atoms with Gasteiger partial charge in [-0.15, -0.1) is 0 Å². The first-order valence-corrected chi connectivity index (χ1v) is 6.05. The second-order valence-corrected chi connectivity index (χ2v) is 4.68. The zero-order valence-corrected chi connectivity index (χ0v) is 11.6. The molecule has 0 amide bonds. The lowest BCUT2D eigenvalue weighted by atomic mass is 10.1. The van der Waals surface area contributed by atoms with Crippen LogP contribution in [0.25, 0.3) is 0 Å². The molecule has 118 valence electrons. The molecule has 0 fully saturated rings. The summed E-state index contributed by atoms with van der Waals surface area (Å²) in [5.74, 6) is -9.70. The fourth-order valence-corrected chi connectivity index (χ4v) is 1.17. The molecule has 0 aliphatic rings. The second kappa shape index (κ2) is 7.44. The number of esters is 2. The second-order valence-electron chi connectivity index (χ2n) is 4.68. The lowest BCUT2D eigenvalue weighted by molar-refractivity contribution is -0.173. The fourth-order valence-electron chi connectivity index (χ4n) is 1.17. The van der Waals surface area contributed by atoms with Crippen LogP contribution in [0.5, 0.6) is 0 Å². The molecule has 0 aromatic rings. The molecule has 20 heavy (non-hydrogen) atoms. The smallest absolute Gasteiger partial charge is 0.344 e. The van der Waals surface area contributed by atoms with E-state index >= 15 is 0 Å². The van der Waals surface area contributed by atoms with E-state index < -0.39 is 49.3 Å². The van der Waals surface area contributed by atoms with Crippen LogP contribution in [-0.4, -0.2) is 37.0 Å². The molecule has 0 radical (unpaired) electrons. The van der Waals surface area contributed by atoms with Gasteiger partial charge in [0.1, 0.15) is 0 Å². The highest BCUT2D eigenvalue weighted by molar-refractivity contribution is 5.77. The number of hydrogen-bond acceptors (Lipinski definition) is 4. The van der Waals surface area contributed by atoms with E-state index in [1.54, 1.807) is 13.8 Å². The van der Waals surface area contributed by atoms with Gasteiger partial charge in [0.2, 0.25) is 0 Å². The van der Waals surface area contributed by atoms with Crippen molar-refractivity contribution in [2.24, 2.45) is 5.92 Å². The predicted molar refractivity (Wildman–Crippen MR) is 61.6 cm³/mol. The molecule has 0 aromatic heterocycles. The van der Waals surface area contributed by atoms with Crippen LogP contribution in [0.2, 0.25) is 0 Å². The molecule has 4 nitrogen and oxygen atoms in total. The molecule has 0 aromatic carbocycles. The fraction of sp³-hybridized carbons (Fsp3) is 0.833. The summed E-state index contributed by atoms with van der Waals surface area (Å²) < 4.78 is 59.5. The first-order chi connectivity index (χ1) is 8.97. The van der Waals surface area contributed by atoms with E-state index in [9.17, 15) is 27.2 Å². The van der Waals surface area contributed by atoms with Crippen LogP contribution in [-0.2, 0) is 19.1 Å². The first kappa shape index (κ1) is 18.7. The van der Waals surface area contributed by atoms with Crippen molar-refractivity contribution in [2.45, 2.75) is 45.5 Å². The zero-order chi connectivity index (χ0) is 16.0. The van der Waals surface area contributed by atoms with Crippen molar-refractivity contribution in [3.05, 3.63) is 0 Å².